The molecule has 2 N–H and O–H groups in total. The zero-order valence-corrected chi connectivity index (χ0v) is 16.9. The molecule has 1 aromatic heterocycles. The van der Waals surface area contributed by atoms with Gasteiger partial charge in [0, 0.05) is 26.2 Å². The summed E-state index contributed by atoms with van der Waals surface area (Å²) in [6, 6.07) is 7.40. The Hall–Kier alpha value is -2.68. The van der Waals surface area contributed by atoms with E-state index in [1.54, 1.807) is 14.0 Å². The minimum atomic E-state index is -0.180. The Morgan fingerprint density at radius 2 is 1.93 bits per heavy atom. The van der Waals surface area contributed by atoms with E-state index >= 15 is 0 Å². The van der Waals surface area contributed by atoms with Gasteiger partial charge in [0.25, 0.3) is 5.91 Å². The predicted octanol–water partition coefficient (Wildman–Crippen LogP) is 2.21. The number of methoxy groups -OCH3 is 1. The summed E-state index contributed by atoms with van der Waals surface area (Å²) in [5, 5.41) is 9.69. The number of aryl methyl sites for hydroxylation is 1. The molecule has 0 bridgehead atoms. The summed E-state index contributed by atoms with van der Waals surface area (Å²) >= 11 is 1.15. The first-order chi connectivity index (χ1) is 13.6. The largest absolute Gasteiger partial charge is 0.497 e. The number of rotatable bonds is 6. The summed E-state index contributed by atoms with van der Waals surface area (Å²) < 4.78 is 8.95. The number of ether oxygens (including phenoxy) is 1. The van der Waals surface area contributed by atoms with Crippen molar-refractivity contribution in [1.29, 1.82) is 0 Å². The molecule has 9 heteroatoms. The van der Waals surface area contributed by atoms with Crippen LogP contribution in [0.5, 0.6) is 5.75 Å². The van der Waals surface area contributed by atoms with Crippen LogP contribution in [-0.4, -0.2) is 53.2 Å². The maximum absolute atomic E-state index is 12.5. The van der Waals surface area contributed by atoms with Crippen molar-refractivity contribution in [3.63, 3.8) is 0 Å². The van der Waals surface area contributed by atoms with E-state index in [0.717, 1.165) is 35.7 Å². The van der Waals surface area contributed by atoms with Crippen molar-refractivity contribution in [2.75, 3.05) is 26.7 Å². The minimum absolute atomic E-state index is 0.0103. The van der Waals surface area contributed by atoms with E-state index in [1.165, 1.54) is 0 Å². The fourth-order valence-electron chi connectivity index (χ4n) is 3.14. The molecule has 0 saturated carbocycles. The molecule has 1 aromatic carbocycles. The number of nitrogens with zero attached hydrogens (tertiary/aromatic N) is 3. The molecular formula is C19H25N5O3S. The lowest BCUT2D eigenvalue weighted by Crippen LogP contribution is -2.43. The zero-order valence-electron chi connectivity index (χ0n) is 16.1. The number of likely N-dealkylation sites (tertiary alicyclic amines) is 1. The van der Waals surface area contributed by atoms with E-state index in [4.69, 9.17) is 4.74 Å². The number of benzene rings is 1. The van der Waals surface area contributed by atoms with Crippen LogP contribution < -0.4 is 15.4 Å². The van der Waals surface area contributed by atoms with E-state index in [-0.39, 0.29) is 11.9 Å². The van der Waals surface area contributed by atoms with Crippen LogP contribution in [0.4, 0.5) is 4.79 Å². The first kappa shape index (κ1) is 20.1. The SMILES string of the molecule is COc1ccc(CNC(=O)NCC2CCN(C(=O)c3snnc3C)CC2)cc1. The standard InChI is InChI=1S/C19H25N5O3S/c1-13-17(28-23-22-13)18(25)24-9-7-15(8-10-24)12-21-19(26)20-11-14-3-5-16(27-2)6-4-14/h3-6,15H,7-12H2,1-2H3,(H2,20,21,26). The van der Waals surface area contributed by atoms with Gasteiger partial charge in [-0.15, -0.1) is 5.10 Å². The van der Waals surface area contributed by atoms with Crippen LogP contribution in [0.3, 0.4) is 0 Å². The van der Waals surface area contributed by atoms with Crippen molar-refractivity contribution >= 4 is 23.5 Å². The van der Waals surface area contributed by atoms with Crippen LogP contribution in [0.1, 0.15) is 33.8 Å². The smallest absolute Gasteiger partial charge is 0.315 e. The predicted molar refractivity (Wildman–Crippen MR) is 107 cm³/mol. The van der Waals surface area contributed by atoms with Crippen LogP contribution >= 0.6 is 11.5 Å². The molecule has 1 fully saturated rings. The number of hydrogen-bond acceptors (Lipinski definition) is 6. The van der Waals surface area contributed by atoms with E-state index in [1.807, 2.05) is 29.2 Å². The Labute approximate surface area is 168 Å². The van der Waals surface area contributed by atoms with Crippen LogP contribution in [0.15, 0.2) is 24.3 Å². The Balaban J connectivity index is 1.36. The van der Waals surface area contributed by atoms with Gasteiger partial charge in [-0.1, -0.05) is 16.6 Å². The Kier molecular flexibility index (Phi) is 6.80. The lowest BCUT2D eigenvalue weighted by Gasteiger charge is -2.31. The third-order valence-electron chi connectivity index (χ3n) is 4.91. The molecule has 1 aliphatic rings. The monoisotopic (exact) mass is 403 g/mol. The highest BCUT2D eigenvalue weighted by Gasteiger charge is 2.26. The maximum atomic E-state index is 12.5. The summed E-state index contributed by atoms with van der Waals surface area (Å²) in [5.74, 6) is 1.17. The van der Waals surface area contributed by atoms with Gasteiger partial charge in [-0.25, -0.2) is 4.79 Å². The average molecular weight is 404 g/mol. The summed E-state index contributed by atoms with van der Waals surface area (Å²) in [4.78, 5) is 27.0. The van der Waals surface area contributed by atoms with Gasteiger partial charge in [0.1, 0.15) is 10.6 Å². The zero-order chi connectivity index (χ0) is 19.9. The molecule has 1 aliphatic heterocycles. The molecule has 1 saturated heterocycles. The van der Waals surface area contributed by atoms with E-state index in [9.17, 15) is 9.59 Å². The third kappa shape index (κ3) is 5.19. The van der Waals surface area contributed by atoms with Crippen LogP contribution in [0.25, 0.3) is 0 Å². The number of carbonyl (C=O) groups excluding carboxylic acids is 2. The highest BCUT2D eigenvalue weighted by atomic mass is 32.1. The number of amides is 3. The lowest BCUT2D eigenvalue weighted by molar-refractivity contribution is 0.0694. The first-order valence-corrected chi connectivity index (χ1v) is 10.1. The van der Waals surface area contributed by atoms with Gasteiger partial charge >= 0.3 is 6.03 Å². The second-order valence-electron chi connectivity index (χ2n) is 6.83. The maximum Gasteiger partial charge on any atom is 0.315 e. The minimum Gasteiger partial charge on any atom is -0.497 e. The van der Waals surface area contributed by atoms with Crippen molar-refractivity contribution in [3.8, 4) is 5.75 Å². The fourth-order valence-corrected chi connectivity index (χ4v) is 3.76. The van der Waals surface area contributed by atoms with Crippen LogP contribution in [0.2, 0.25) is 0 Å². The molecule has 0 spiro atoms. The van der Waals surface area contributed by atoms with Crippen LogP contribution in [-0.2, 0) is 6.54 Å². The number of piperidine rings is 1. The van der Waals surface area contributed by atoms with Gasteiger partial charge in [0.15, 0.2) is 0 Å². The van der Waals surface area contributed by atoms with Crippen molar-refractivity contribution in [2.45, 2.75) is 26.3 Å². The molecule has 0 aliphatic carbocycles. The fraction of sp³-hybridized carbons (Fsp3) is 0.474. The molecule has 28 heavy (non-hydrogen) atoms. The average Bonchev–Trinajstić information content (AvgIpc) is 3.16. The van der Waals surface area contributed by atoms with E-state index < -0.39 is 0 Å². The highest BCUT2D eigenvalue weighted by Crippen LogP contribution is 2.20. The van der Waals surface area contributed by atoms with Crippen molar-refractivity contribution in [1.82, 2.24) is 25.1 Å². The summed E-state index contributed by atoms with van der Waals surface area (Å²) in [6.45, 7) is 4.26. The number of hydrogen-bond donors (Lipinski definition) is 2. The van der Waals surface area contributed by atoms with E-state index in [0.29, 0.717) is 42.7 Å². The topological polar surface area (TPSA) is 96.5 Å². The second-order valence-corrected chi connectivity index (χ2v) is 7.59. The number of urea groups is 1. The summed E-state index contributed by atoms with van der Waals surface area (Å²) in [6.07, 6.45) is 1.74. The highest BCUT2D eigenvalue weighted by molar-refractivity contribution is 7.07. The number of aromatic nitrogens is 2. The van der Waals surface area contributed by atoms with Gasteiger partial charge in [0.2, 0.25) is 0 Å². The van der Waals surface area contributed by atoms with Crippen LogP contribution in [0, 0.1) is 12.8 Å². The summed E-state index contributed by atoms with van der Waals surface area (Å²) in [5.41, 5.74) is 1.70. The molecule has 0 radical (unpaired) electrons. The Bertz CT molecular complexity index is 800. The molecular weight excluding hydrogens is 378 g/mol. The Morgan fingerprint density at radius 1 is 1.21 bits per heavy atom. The molecule has 8 nitrogen and oxygen atoms in total. The Morgan fingerprint density at radius 3 is 2.54 bits per heavy atom. The lowest BCUT2D eigenvalue weighted by atomic mass is 9.96. The normalized spacial score (nSPS) is 14.6. The molecule has 2 aromatic rings. The van der Waals surface area contributed by atoms with Crippen molar-refractivity contribution in [3.05, 3.63) is 40.4 Å². The van der Waals surface area contributed by atoms with Gasteiger partial charge < -0.3 is 20.3 Å². The summed E-state index contributed by atoms with van der Waals surface area (Å²) in [7, 11) is 1.62. The number of carbonyl (C=O) groups is 2. The number of nitrogens with one attached hydrogen (secondary N) is 2. The van der Waals surface area contributed by atoms with Gasteiger partial charge in [0.05, 0.1) is 12.8 Å². The molecule has 0 atom stereocenters. The third-order valence-corrected chi connectivity index (χ3v) is 5.73. The van der Waals surface area contributed by atoms with Crippen molar-refractivity contribution < 1.29 is 14.3 Å². The van der Waals surface area contributed by atoms with Gasteiger partial charge in [-0.05, 0) is 54.9 Å². The van der Waals surface area contributed by atoms with E-state index in [2.05, 4.69) is 20.2 Å². The molecule has 0 unspecified atom stereocenters. The van der Waals surface area contributed by atoms with Gasteiger partial charge in [-0.3, -0.25) is 4.79 Å². The molecule has 150 valence electrons. The molecule has 2 heterocycles. The van der Waals surface area contributed by atoms with Gasteiger partial charge in [-0.2, -0.15) is 0 Å². The molecule has 3 amide bonds. The van der Waals surface area contributed by atoms with Crippen molar-refractivity contribution in [2.24, 2.45) is 5.92 Å². The molecule has 3 rings (SSSR count). The second kappa shape index (κ2) is 9.50. The quantitative estimate of drug-likeness (QED) is 0.771. The first-order valence-electron chi connectivity index (χ1n) is 9.29.